The van der Waals surface area contributed by atoms with E-state index in [1.807, 2.05) is 21.1 Å². The molecule has 0 saturated heterocycles. The van der Waals surface area contributed by atoms with Crippen molar-refractivity contribution in [2.24, 2.45) is 0 Å². The summed E-state index contributed by atoms with van der Waals surface area (Å²) >= 11 is 0. The van der Waals surface area contributed by atoms with Crippen molar-refractivity contribution in [3.8, 4) is 0 Å². The molecule has 0 saturated carbocycles. The molecule has 0 N–H and O–H groups in total. The average molecular weight is 1380 g/mol. The molecule has 0 aromatic rings. The van der Waals surface area contributed by atoms with E-state index in [0.717, 1.165) is 103 Å². The summed E-state index contributed by atoms with van der Waals surface area (Å²) in [6.07, 6.45) is 111. The highest BCUT2D eigenvalue weighted by atomic mass is 16.7. The third-order valence-corrected chi connectivity index (χ3v) is 18.2. The van der Waals surface area contributed by atoms with Crippen LogP contribution in [0.1, 0.15) is 373 Å². The van der Waals surface area contributed by atoms with E-state index in [-0.39, 0.29) is 38.6 Å². The second-order valence-electron chi connectivity index (χ2n) is 29.0. The van der Waals surface area contributed by atoms with Gasteiger partial charge in [-0.05, 0) is 109 Å². The molecule has 0 aliphatic carbocycles. The normalized spacial score (nSPS) is 13.3. The maximum absolute atomic E-state index is 13.0. The van der Waals surface area contributed by atoms with E-state index >= 15 is 0 Å². The lowest BCUT2D eigenvalue weighted by Gasteiger charge is -2.26. The number of carboxylic acid groups (broad SMARTS) is 1. The molecular weight excluding hydrogens is 1220 g/mol. The van der Waals surface area contributed by atoms with E-state index in [1.165, 1.54) is 238 Å². The van der Waals surface area contributed by atoms with Crippen molar-refractivity contribution >= 4 is 17.9 Å². The van der Waals surface area contributed by atoms with Crippen LogP contribution >= 0.6 is 0 Å². The Morgan fingerprint density at radius 2 is 0.576 bits per heavy atom. The van der Waals surface area contributed by atoms with Gasteiger partial charge < -0.3 is 33.3 Å². The molecule has 0 aromatic heterocycles. The third-order valence-electron chi connectivity index (χ3n) is 18.2. The molecule has 0 aliphatic rings. The van der Waals surface area contributed by atoms with Gasteiger partial charge in [0.1, 0.15) is 13.2 Å². The van der Waals surface area contributed by atoms with Crippen LogP contribution in [-0.2, 0) is 33.3 Å². The lowest BCUT2D eigenvalue weighted by molar-refractivity contribution is -0.870. The first-order valence-corrected chi connectivity index (χ1v) is 41.7. The number of quaternary nitrogens is 1. The fourth-order valence-electron chi connectivity index (χ4n) is 11.9. The number of rotatable bonds is 77. The van der Waals surface area contributed by atoms with Crippen LogP contribution in [0.2, 0.25) is 0 Å². The number of ether oxygens (including phenoxy) is 4. The molecule has 2 atom stereocenters. The molecule has 0 rings (SSSR count). The minimum absolute atomic E-state index is 0.142. The first kappa shape index (κ1) is 94.7. The Bertz CT molecular complexity index is 2050. The lowest BCUT2D eigenvalue weighted by Crippen LogP contribution is -2.44. The Morgan fingerprint density at radius 1 is 0.313 bits per heavy atom. The van der Waals surface area contributed by atoms with Gasteiger partial charge in [0, 0.05) is 12.8 Å². The van der Waals surface area contributed by atoms with Gasteiger partial charge in [0.25, 0.3) is 0 Å². The van der Waals surface area contributed by atoms with Gasteiger partial charge in [-0.25, -0.2) is 0 Å². The Balaban J connectivity index is 4.00. The van der Waals surface area contributed by atoms with Crippen LogP contribution in [0, 0.1) is 0 Å². The SMILES string of the molecule is CC/C=C\C/C=C\C/C=C\C/C=C\C/C=C\C/C=C\C/C=C\C/C=C\CCCCCCCCCCC(=O)OC(COC(=O)CCCCCCCCCCCCCCCCCCCCCCCCCCCCCCC/C=C\C/C=C\CCCCCCC)COC(OCC[N+](C)(C)C)C(=O)[O-]. The summed E-state index contributed by atoms with van der Waals surface area (Å²) < 4.78 is 22.9. The van der Waals surface area contributed by atoms with Crippen molar-refractivity contribution in [3.63, 3.8) is 0 Å². The van der Waals surface area contributed by atoms with E-state index in [4.69, 9.17) is 18.9 Å². The van der Waals surface area contributed by atoms with Crippen LogP contribution in [0.15, 0.2) is 122 Å². The molecule has 9 heteroatoms. The highest BCUT2D eigenvalue weighted by Gasteiger charge is 2.22. The number of allylic oxidation sites excluding steroid dienone is 20. The van der Waals surface area contributed by atoms with E-state index < -0.39 is 24.3 Å². The van der Waals surface area contributed by atoms with Gasteiger partial charge in [-0.2, -0.15) is 0 Å². The van der Waals surface area contributed by atoms with Gasteiger partial charge in [0.2, 0.25) is 0 Å². The number of likely N-dealkylation sites (N-methyl/N-ethyl adjacent to an activating group) is 1. The summed E-state index contributed by atoms with van der Waals surface area (Å²) in [6, 6.07) is 0. The zero-order valence-electron chi connectivity index (χ0n) is 65.3. The Kier molecular flexibility index (Phi) is 75.9. The summed E-state index contributed by atoms with van der Waals surface area (Å²) in [5, 5.41) is 11.9. The van der Waals surface area contributed by atoms with E-state index in [2.05, 4.69) is 135 Å². The number of aliphatic carboxylic acids is 1. The fraction of sp³-hybridized carbons (Fsp3) is 0.744. The van der Waals surface area contributed by atoms with Crippen molar-refractivity contribution < 1.29 is 42.9 Å². The van der Waals surface area contributed by atoms with Gasteiger partial charge in [-0.1, -0.05) is 373 Å². The lowest BCUT2D eigenvalue weighted by atomic mass is 10.0. The number of carbonyl (C=O) groups is 3. The maximum atomic E-state index is 13.0. The number of carboxylic acids is 1. The third kappa shape index (κ3) is 80.9. The molecule has 0 fully saturated rings. The summed E-state index contributed by atoms with van der Waals surface area (Å²) in [5.74, 6) is -2.28. The molecule has 0 aliphatic heterocycles. The van der Waals surface area contributed by atoms with Crippen LogP contribution in [0.25, 0.3) is 0 Å². The van der Waals surface area contributed by atoms with E-state index in [0.29, 0.717) is 17.4 Å². The molecule has 99 heavy (non-hydrogen) atoms. The first-order valence-electron chi connectivity index (χ1n) is 41.7. The molecule has 570 valence electrons. The maximum Gasteiger partial charge on any atom is 0.306 e. The standard InChI is InChI=1S/C90H157NO8/c1-6-8-10-12-14-16-18-20-22-24-26-28-30-32-34-36-38-40-41-42-43-44-45-46-47-49-50-52-54-56-58-60-62-64-66-68-70-72-74-76-78-80-87(92)97-84-86(85-98-90(89(94)95)96-83-82-91(3,4)5)99-88(93)81-79-77-75-73-71-69-67-65-63-61-59-57-55-53-51-48-39-37-35-33-31-29-27-25-23-21-19-17-15-13-11-9-7-2/h9,11,15,17-18,20-21,23-24,26-27,29,33,35,39,48,53,55,59,61,86,90H,6-8,10,12-14,16,19,22,25,28,30-32,34,36-38,40-47,49-52,54,56-58,60,62-85H2,1-5H3/b11-9-,17-15-,20-18-,23-21-,26-24-,29-27-,35-33-,48-39-,55-53-,61-59-. The summed E-state index contributed by atoms with van der Waals surface area (Å²) in [5.41, 5.74) is 0. The molecule has 0 bridgehead atoms. The number of carbonyl (C=O) groups excluding carboxylic acids is 3. The summed E-state index contributed by atoms with van der Waals surface area (Å²) in [7, 11) is 5.94. The van der Waals surface area contributed by atoms with Crippen molar-refractivity contribution in [1.82, 2.24) is 0 Å². The number of hydrogen-bond acceptors (Lipinski definition) is 8. The summed E-state index contributed by atoms with van der Waals surface area (Å²) in [4.78, 5) is 37.6. The van der Waals surface area contributed by atoms with Crippen LogP contribution in [-0.4, -0.2) is 82.3 Å². The molecule has 0 radical (unpaired) electrons. The predicted molar refractivity (Wildman–Crippen MR) is 426 cm³/mol. The number of hydrogen-bond donors (Lipinski definition) is 0. The molecular formula is C90H157NO8. The minimum atomic E-state index is -1.63. The zero-order chi connectivity index (χ0) is 71.8. The van der Waals surface area contributed by atoms with Crippen LogP contribution in [0.5, 0.6) is 0 Å². The van der Waals surface area contributed by atoms with Crippen LogP contribution < -0.4 is 5.11 Å². The first-order chi connectivity index (χ1) is 48.6. The largest absolute Gasteiger partial charge is 0.545 e. The molecule has 0 aromatic carbocycles. The highest BCUT2D eigenvalue weighted by Crippen LogP contribution is 2.19. The molecule has 0 amide bonds. The Morgan fingerprint density at radius 3 is 0.859 bits per heavy atom. The fourth-order valence-corrected chi connectivity index (χ4v) is 11.9. The van der Waals surface area contributed by atoms with Crippen LogP contribution in [0.4, 0.5) is 0 Å². The van der Waals surface area contributed by atoms with Gasteiger partial charge in [-0.15, -0.1) is 0 Å². The smallest absolute Gasteiger partial charge is 0.306 e. The van der Waals surface area contributed by atoms with E-state index in [9.17, 15) is 19.5 Å². The number of nitrogens with zero attached hydrogens (tertiary/aromatic N) is 1. The van der Waals surface area contributed by atoms with Crippen molar-refractivity contribution in [1.29, 1.82) is 0 Å². The molecule has 0 spiro atoms. The highest BCUT2D eigenvalue weighted by molar-refractivity contribution is 5.70. The van der Waals surface area contributed by atoms with Gasteiger partial charge in [0.15, 0.2) is 12.4 Å². The van der Waals surface area contributed by atoms with Crippen molar-refractivity contribution in [3.05, 3.63) is 122 Å². The minimum Gasteiger partial charge on any atom is -0.545 e. The topological polar surface area (TPSA) is 111 Å². The van der Waals surface area contributed by atoms with Crippen molar-refractivity contribution in [2.75, 3.05) is 47.5 Å². The van der Waals surface area contributed by atoms with Crippen molar-refractivity contribution in [2.45, 2.75) is 386 Å². The zero-order valence-corrected chi connectivity index (χ0v) is 65.3. The van der Waals surface area contributed by atoms with Crippen LogP contribution in [0.3, 0.4) is 0 Å². The quantitative estimate of drug-likeness (QED) is 0.0195. The number of unbranched alkanes of at least 4 members (excludes halogenated alkanes) is 42. The summed E-state index contributed by atoms with van der Waals surface area (Å²) in [6.45, 7) is 4.65. The molecule has 2 unspecified atom stereocenters. The second kappa shape index (κ2) is 79.4. The monoisotopic (exact) mass is 1380 g/mol. The Labute approximate surface area is 612 Å². The van der Waals surface area contributed by atoms with Gasteiger partial charge >= 0.3 is 11.9 Å². The molecule has 0 heterocycles. The van der Waals surface area contributed by atoms with Gasteiger partial charge in [-0.3, -0.25) is 9.59 Å². The second-order valence-corrected chi connectivity index (χ2v) is 29.0. The molecule has 9 nitrogen and oxygen atoms in total. The Hall–Kier alpha value is -4.31. The van der Waals surface area contributed by atoms with E-state index in [1.54, 1.807) is 0 Å². The number of esters is 2. The average Bonchev–Trinajstić information content (AvgIpc) is 1.57. The predicted octanol–water partition coefficient (Wildman–Crippen LogP) is 25.7. The van der Waals surface area contributed by atoms with Gasteiger partial charge in [0.05, 0.1) is 40.3 Å².